The number of rotatable bonds is 7. The van der Waals surface area contributed by atoms with Crippen LogP contribution >= 0.6 is 27.3 Å². The Labute approximate surface area is 134 Å². The molecule has 0 saturated carbocycles. The average molecular weight is 399 g/mol. The number of hydrogen-bond donors (Lipinski definition) is 3. The second kappa shape index (κ2) is 7.34. The molecule has 1 aromatic rings. The summed E-state index contributed by atoms with van der Waals surface area (Å²) in [6, 6.07) is 1.93. The highest BCUT2D eigenvalue weighted by Gasteiger charge is 2.24. The SMILES string of the molecule is CC(C)[C@H](NC(=O)CNS(=O)(=O)c1ccc(Br)s1)C(=O)O. The molecule has 0 aliphatic heterocycles. The van der Waals surface area contributed by atoms with E-state index in [9.17, 15) is 18.0 Å². The first-order chi connectivity index (χ1) is 9.63. The first-order valence-electron chi connectivity index (χ1n) is 5.90. The van der Waals surface area contributed by atoms with Crippen molar-refractivity contribution in [1.82, 2.24) is 10.0 Å². The van der Waals surface area contributed by atoms with Gasteiger partial charge in [0.05, 0.1) is 10.3 Å². The third-order valence-electron chi connectivity index (χ3n) is 2.49. The van der Waals surface area contributed by atoms with Crippen molar-refractivity contribution >= 4 is 49.2 Å². The van der Waals surface area contributed by atoms with Gasteiger partial charge in [-0.2, -0.15) is 0 Å². The van der Waals surface area contributed by atoms with Gasteiger partial charge in [-0.15, -0.1) is 11.3 Å². The lowest BCUT2D eigenvalue weighted by molar-refractivity contribution is -0.142. The van der Waals surface area contributed by atoms with Crippen LogP contribution in [0.15, 0.2) is 20.1 Å². The molecular formula is C11H15BrN2O5S2. The predicted molar refractivity (Wildman–Crippen MR) is 81.6 cm³/mol. The lowest BCUT2D eigenvalue weighted by atomic mass is 10.1. The molecule has 1 rings (SSSR count). The minimum Gasteiger partial charge on any atom is -0.480 e. The van der Waals surface area contributed by atoms with Crippen LogP contribution in [0.5, 0.6) is 0 Å². The standard InChI is InChI=1S/C11H15BrN2O5S2/c1-6(2)10(11(16)17)14-8(15)5-13-21(18,19)9-4-3-7(12)20-9/h3-4,6,10,13H,5H2,1-2H3,(H,14,15)(H,16,17)/t10-/m0/s1. The van der Waals surface area contributed by atoms with Gasteiger partial charge >= 0.3 is 5.97 Å². The first kappa shape index (κ1) is 18.1. The van der Waals surface area contributed by atoms with Crippen molar-refractivity contribution in [3.05, 3.63) is 15.9 Å². The maximum Gasteiger partial charge on any atom is 0.326 e. The number of nitrogens with one attached hydrogen (secondary N) is 2. The van der Waals surface area contributed by atoms with E-state index in [0.29, 0.717) is 3.79 Å². The third-order valence-corrected chi connectivity index (χ3v) is 6.00. The quantitative estimate of drug-likeness (QED) is 0.634. The van der Waals surface area contributed by atoms with Crippen LogP contribution in [0.2, 0.25) is 0 Å². The molecule has 118 valence electrons. The Hall–Kier alpha value is -0.970. The molecule has 21 heavy (non-hydrogen) atoms. The van der Waals surface area contributed by atoms with Crippen LogP contribution in [-0.2, 0) is 19.6 Å². The van der Waals surface area contributed by atoms with E-state index in [2.05, 4.69) is 26.0 Å². The maximum atomic E-state index is 11.9. The molecule has 10 heteroatoms. The molecule has 1 atom stereocenters. The van der Waals surface area contributed by atoms with E-state index in [4.69, 9.17) is 5.11 Å². The summed E-state index contributed by atoms with van der Waals surface area (Å²) in [7, 11) is -3.78. The zero-order valence-corrected chi connectivity index (χ0v) is 14.5. The highest BCUT2D eigenvalue weighted by atomic mass is 79.9. The van der Waals surface area contributed by atoms with E-state index in [-0.39, 0.29) is 10.1 Å². The maximum absolute atomic E-state index is 11.9. The summed E-state index contributed by atoms with van der Waals surface area (Å²) in [6.45, 7) is 2.77. The van der Waals surface area contributed by atoms with Gasteiger partial charge in [0.25, 0.3) is 10.0 Å². The lowest BCUT2D eigenvalue weighted by Crippen LogP contribution is -2.47. The molecule has 0 fully saturated rings. The number of aliphatic carboxylic acids is 1. The van der Waals surface area contributed by atoms with E-state index < -0.39 is 34.5 Å². The Bertz CT molecular complexity index is 626. The summed E-state index contributed by atoms with van der Waals surface area (Å²) in [4.78, 5) is 22.6. The van der Waals surface area contributed by atoms with E-state index in [1.54, 1.807) is 19.9 Å². The highest BCUT2D eigenvalue weighted by Crippen LogP contribution is 2.25. The lowest BCUT2D eigenvalue weighted by Gasteiger charge is -2.17. The summed E-state index contributed by atoms with van der Waals surface area (Å²) in [6.07, 6.45) is 0. The van der Waals surface area contributed by atoms with Crippen LogP contribution in [0.3, 0.4) is 0 Å². The molecule has 1 heterocycles. The van der Waals surface area contributed by atoms with Gasteiger partial charge in [-0.3, -0.25) is 4.79 Å². The Morgan fingerprint density at radius 3 is 2.43 bits per heavy atom. The van der Waals surface area contributed by atoms with Crippen molar-refractivity contribution in [3.63, 3.8) is 0 Å². The van der Waals surface area contributed by atoms with Crippen LogP contribution < -0.4 is 10.0 Å². The van der Waals surface area contributed by atoms with Crippen LogP contribution in [-0.4, -0.2) is 38.0 Å². The minimum absolute atomic E-state index is 0.0702. The van der Waals surface area contributed by atoms with Gasteiger partial charge in [0, 0.05) is 0 Å². The summed E-state index contributed by atoms with van der Waals surface area (Å²) in [5, 5.41) is 11.2. The molecule has 7 nitrogen and oxygen atoms in total. The summed E-state index contributed by atoms with van der Waals surface area (Å²) in [5.74, 6) is -2.17. The molecule has 0 radical (unpaired) electrons. The van der Waals surface area contributed by atoms with Crippen LogP contribution in [0.25, 0.3) is 0 Å². The summed E-state index contributed by atoms with van der Waals surface area (Å²) in [5.41, 5.74) is 0. The normalized spacial score (nSPS) is 13.1. The largest absolute Gasteiger partial charge is 0.480 e. The zero-order valence-electron chi connectivity index (χ0n) is 11.3. The van der Waals surface area contributed by atoms with Crippen molar-refractivity contribution in [3.8, 4) is 0 Å². The Morgan fingerprint density at radius 1 is 1.38 bits per heavy atom. The third kappa shape index (κ3) is 5.38. The Balaban J connectivity index is 2.62. The zero-order chi connectivity index (χ0) is 16.2. The van der Waals surface area contributed by atoms with E-state index in [0.717, 1.165) is 11.3 Å². The predicted octanol–water partition coefficient (Wildman–Crippen LogP) is 1.01. The number of carbonyl (C=O) groups excluding carboxylic acids is 1. The molecule has 3 N–H and O–H groups in total. The molecule has 0 unspecified atom stereocenters. The fraction of sp³-hybridized carbons (Fsp3) is 0.455. The van der Waals surface area contributed by atoms with Gasteiger partial charge in [0.1, 0.15) is 10.3 Å². The van der Waals surface area contributed by atoms with Crippen molar-refractivity contribution in [2.45, 2.75) is 24.1 Å². The number of amides is 1. The van der Waals surface area contributed by atoms with Gasteiger partial charge in [0.2, 0.25) is 5.91 Å². The van der Waals surface area contributed by atoms with E-state index in [1.807, 2.05) is 0 Å². The number of halogens is 1. The minimum atomic E-state index is -3.78. The topological polar surface area (TPSA) is 113 Å². The average Bonchev–Trinajstić information content (AvgIpc) is 2.80. The van der Waals surface area contributed by atoms with Gasteiger partial charge < -0.3 is 10.4 Å². The molecule has 0 bridgehead atoms. The number of carbonyl (C=O) groups is 2. The van der Waals surface area contributed by atoms with Crippen molar-refractivity contribution in [2.75, 3.05) is 6.54 Å². The first-order valence-corrected chi connectivity index (χ1v) is 9.00. The molecule has 0 saturated heterocycles. The second-order valence-corrected chi connectivity index (χ2v) is 8.97. The van der Waals surface area contributed by atoms with Crippen LogP contribution in [0.4, 0.5) is 0 Å². The monoisotopic (exact) mass is 398 g/mol. The van der Waals surface area contributed by atoms with Gasteiger partial charge in [-0.25, -0.2) is 17.9 Å². The highest BCUT2D eigenvalue weighted by molar-refractivity contribution is 9.11. The van der Waals surface area contributed by atoms with E-state index in [1.165, 1.54) is 6.07 Å². The number of sulfonamides is 1. The van der Waals surface area contributed by atoms with E-state index >= 15 is 0 Å². The van der Waals surface area contributed by atoms with Crippen LogP contribution in [0, 0.1) is 5.92 Å². The fourth-order valence-electron chi connectivity index (χ4n) is 1.41. The van der Waals surface area contributed by atoms with Crippen molar-refractivity contribution in [2.24, 2.45) is 5.92 Å². The molecule has 0 spiro atoms. The second-order valence-electron chi connectivity index (χ2n) is 4.51. The molecule has 1 amide bonds. The molecule has 0 aromatic carbocycles. The Morgan fingerprint density at radius 2 is 2.00 bits per heavy atom. The van der Waals surface area contributed by atoms with Crippen LogP contribution in [0.1, 0.15) is 13.8 Å². The molecular weight excluding hydrogens is 384 g/mol. The van der Waals surface area contributed by atoms with Crippen molar-refractivity contribution < 1.29 is 23.1 Å². The fourth-order valence-corrected chi connectivity index (χ4v) is 4.45. The number of hydrogen-bond acceptors (Lipinski definition) is 5. The number of carboxylic acids is 1. The number of carboxylic acid groups (broad SMARTS) is 1. The van der Waals surface area contributed by atoms with Crippen molar-refractivity contribution in [1.29, 1.82) is 0 Å². The van der Waals surface area contributed by atoms with Gasteiger partial charge in [0.15, 0.2) is 0 Å². The van der Waals surface area contributed by atoms with Gasteiger partial charge in [-0.05, 0) is 34.0 Å². The Kier molecular flexibility index (Phi) is 6.32. The number of thiophene rings is 1. The molecule has 0 aliphatic carbocycles. The smallest absolute Gasteiger partial charge is 0.326 e. The summed E-state index contributed by atoms with van der Waals surface area (Å²) < 4.78 is 26.6. The molecule has 0 aliphatic rings. The summed E-state index contributed by atoms with van der Waals surface area (Å²) >= 11 is 4.16. The molecule has 1 aromatic heterocycles. The van der Waals surface area contributed by atoms with Gasteiger partial charge in [-0.1, -0.05) is 13.8 Å².